The maximum atomic E-state index is 14.1. The molecular weight excluding hydrogens is 1140 g/mol. The first kappa shape index (κ1) is 69.8. The molecule has 0 amide bonds. The summed E-state index contributed by atoms with van der Waals surface area (Å²) >= 11 is 0. The Bertz CT molecular complexity index is 2530. The second-order valence-electron chi connectivity index (χ2n) is 28.7. The highest BCUT2D eigenvalue weighted by Gasteiger charge is 2.76. The molecule has 496 valence electrons. The molecule has 4 saturated carbocycles. The summed E-state index contributed by atoms with van der Waals surface area (Å²) in [5.74, 6) is -3.72. The minimum absolute atomic E-state index is 0.122. The molecule has 3 aliphatic heterocycles. The van der Waals surface area contributed by atoms with E-state index in [-0.39, 0.29) is 18.4 Å². The number of ether oxygens (including phenoxy) is 9. The first-order chi connectivity index (χ1) is 40.7. The SMILES string of the molecule is CCOC(=O)[C@H]1O[C@@H](O[C@H]2CC[C@]3(C)[C@H]4CC=C5[C@@H]6CC(C)(C)[C@@H](OC(=O)/C=C(/C)CCC=C(C)C)[C@H](OC(=O)C(C)CC)[C@]6(CO)[C@H](O)[C@H](O)[C@@]5(C)[C@]4(C)CC[C@H]3C2(C)C)[C@H](O[C@@H]2O[C@H](CO)[C@@H](O)[C@H](O)[C@H]2O)[C@@H](O)[C@@H]1O[C@@H]1O[C@@H](CO)[C@H](O)[C@H]1O. The zero-order chi connectivity index (χ0) is 64.4. The maximum absolute atomic E-state index is 14.1. The van der Waals surface area contributed by atoms with E-state index in [1.807, 2.05) is 48.5 Å². The molecule has 23 heteroatoms. The van der Waals surface area contributed by atoms with Gasteiger partial charge >= 0.3 is 17.9 Å². The highest BCUT2D eigenvalue weighted by molar-refractivity contribution is 5.83. The third kappa shape index (κ3) is 12.1. The topological polar surface area (TPSA) is 357 Å². The fourth-order valence-electron chi connectivity index (χ4n) is 17.2. The molecule has 0 aromatic rings. The van der Waals surface area contributed by atoms with Gasteiger partial charge in [0.2, 0.25) is 0 Å². The van der Waals surface area contributed by atoms with Crippen molar-refractivity contribution in [2.45, 2.75) is 264 Å². The molecule has 0 bridgehead atoms. The first-order valence-corrected chi connectivity index (χ1v) is 31.5. The maximum Gasteiger partial charge on any atom is 0.338 e. The molecule has 7 fully saturated rings. The lowest BCUT2D eigenvalue weighted by Gasteiger charge is -2.73. The molecule has 3 saturated heterocycles. The van der Waals surface area contributed by atoms with Crippen molar-refractivity contribution in [3.8, 4) is 0 Å². The Morgan fingerprint density at radius 3 is 1.90 bits per heavy atom. The van der Waals surface area contributed by atoms with Crippen LogP contribution in [0.3, 0.4) is 0 Å². The van der Waals surface area contributed by atoms with Gasteiger partial charge in [-0.25, -0.2) is 9.59 Å². The molecule has 0 aromatic heterocycles. The lowest BCUT2D eigenvalue weighted by molar-refractivity contribution is -0.383. The number of esters is 3. The van der Waals surface area contributed by atoms with Crippen LogP contribution >= 0.6 is 0 Å². The van der Waals surface area contributed by atoms with Gasteiger partial charge in [0.25, 0.3) is 0 Å². The first-order valence-electron chi connectivity index (χ1n) is 31.5. The predicted octanol–water partition coefficient (Wildman–Crippen LogP) is 2.55. The van der Waals surface area contributed by atoms with Crippen molar-refractivity contribution in [1.82, 2.24) is 0 Å². The fourth-order valence-corrected chi connectivity index (χ4v) is 17.2. The lowest BCUT2D eigenvalue weighted by Crippen LogP contribution is -2.76. The van der Waals surface area contributed by atoms with Gasteiger partial charge in [0, 0.05) is 16.9 Å². The molecule has 8 aliphatic rings. The average Bonchev–Trinajstić information content (AvgIpc) is 0.864. The van der Waals surface area contributed by atoms with Crippen LogP contribution in [0.15, 0.2) is 34.9 Å². The Morgan fingerprint density at radius 1 is 0.701 bits per heavy atom. The van der Waals surface area contributed by atoms with Gasteiger partial charge < -0.3 is 98.8 Å². The van der Waals surface area contributed by atoms with Crippen LogP contribution in [0.5, 0.6) is 0 Å². The number of aliphatic hydroxyl groups is 11. The van der Waals surface area contributed by atoms with E-state index < -0.39 is 199 Å². The minimum Gasteiger partial charge on any atom is -0.464 e. The molecule has 0 radical (unpaired) electrons. The summed E-state index contributed by atoms with van der Waals surface area (Å²) in [6.45, 7) is 23.1. The molecule has 11 N–H and O–H groups in total. The molecule has 5 aliphatic carbocycles. The second-order valence-corrected chi connectivity index (χ2v) is 28.7. The third-order valence-electron chi connectivity index (χ3n) is 22.6. The number of hydrogen-bond donors (Lipinski definition) is 11. The Labute approximate surface area is 511 Å². The fraction of sp³-hybridized carbons (Fsp3) is 0.859. The highest BCUT2D eigenvalue weighted by atomic mass is 16.8. The molecule has 27 atom stereocenters. The second kappa shape index (κ2) is 26.5. The zero-order valence-corrected chi connectivity index (χ0v) is 53.0. The molecular formula is C64H102O23. The summed E-state index contributed by atoms with van der Waals surface area (Å²) in [5.41, 5.74) is -2.86. The highest BCUT2D eigenvalue weighted by Crippen LogP contribution is 2.76. The van der Waals surface area contributed by atoms with E-state index in [4.69, 9.17) is 42.6 Å². The number of allylic oxidation sites excluding steroid dienone is 4. The number of rotatable bonds is 19. The standard InChI is InChI=1S/C64H102O23/c1-14-32(6)54(77)87-53-52(83-40(68)25-31(5)18-16-17-30(3)4)59(7,8)26-34-33-19-20-38-61(11)23-22-39(60(9,10)37(61)21-24-62(38,12)63(33,13)50(75)51(76)64(34,53)29-67)82-58-48(85-57-45(73)43(71)41(69)35(27-65)80-57)46(74)47(49(86-58)55(78)79-15-2)84-56-44(72)42(70)36(28-66)81-56/h17,19,25,32,34-39,41-53,56-58,65-67,69-76H,14-16,18,20-24,26-29H2,1-13H3/b31-25-/t32?,34-,35+,36-,37-,38+,39-,41+,42-,43-,44+,45+,46-,47-,48+,49-,50-,51+,52-,53-,56-,57-,58+,61-,62+,63-,64-/m0/s1. The van der Waals surface area contributed by atoms with Crippen molar-refractivity contribution in [3.05, 3.63) is 34.9 Å². The number of carbonyl (C=O) groups excluding carboxylic acids is 3. The Morgan fingerprint density at radius 2 is 1.31 bits per heavy atom. The van der Waals surface area contributed by atoms with Crippen LogP contribution in [0.1, 0.15) is 148 Å². The van der Waals surface area contributed by atoms with E-state index in [1.165, 1.54) is 6.08 Å². The lowest BCUT2D eigenvalue weighted by atomic mass is 9.32. The van der Waals surface area contributed by atoms with E-state index >= 15 is 0 Å². The monoisotopic (exact) mass is 1240 g/mol. The summed E-state index contributed by atoms with van der Waals surface area (Å²) < 4.78 is 55.3. The molecule has 3 heterocycles. The summed E-state index contributed by atoms with van der Waals surface area (Å²) in [5, 5.41) is 125. The van der Waals surface area contributed by atoms with E-state index in [0.29, 0.717) is 51.4 Å². The predicted molar refractivity (Wildman–Crippen MR) is 309 cm³/mol. The smallest absolute Gasteiger partial charge is 0.338 e. The number of carbonyl (C=O) groups is 3. The van der Waals surface area contributed by atoms with Gasteiger partial charge in [-0.05, 0) is 119 Å². The van der Waals surface area contributed by atoms with Gasteiger partial charge in [-0.3, -0.25) is 4.79 Å². The van der Waals surface area contributed by atoms with Crippen molar-refractivity contribution < 1.29 is 113 Å². The van der Waals surface area contributed by atoms with Gasteiger partial charge in [0.1, 0.15) is 67.1 Å². The molecule has 23 nitrogen and oxygen atoms in total. The van der Waals surface area contributed by atoms with E-state index in [2.05, 4.69) is 39.8 Å². The van der Waals surface area contributed by atoms with Gasteiger partial charge in [-0.1, -0.05) is 91.2 Å². The largest absolute Gasteiger partial charge is 0.464 e. The van der Waals surface area contributed by atoms with E-state index in [0.717, 1.165) is 23.1 Å². The summed E-state index contributed by atoms with van der Waals surface area (Å²) in [6, 6.07) is 0. The Hall–Kier alpha value is -3.05. The Balaban J connectivity index is 1.12. The molecule has 0 spiro atoms. The van der Waals surface area contributed by atoms with Crippen LogP contribution in [-0.2, 0) is 57.0 Å². The summed E-state index contributed by atoms with van der Waals surface area (Å²) in [4.78, 5) is 42.0. The molecule has 0 aromatic carbocycles. The van der Waals surface area contributed by atoms with Crippen LogP contribution in [0, 0.1) is 56.2 Å². The van der Waals surface area contributed by atoms with Crippen LogP contribution in [0.25, 0.3) is 0 Å². The molecule has 1 unspecified atom stereocenters. The van der Waals surface area contributed by atoms with Crippen molar-refractivity contribution >= 4 is 17.9 Å². The van der Waals surface area contributed by atoms with Crippen LogP contribution in [0.4, 0.5) is 0 Å². The normalized spacial score (nSPS) is 46.1. The average molecular weight is 1240 g/mol. The van der Waals surface area contributed by atoms with Crippen LogP contribution < -0.4 is 0 Å². The zero-order valence-electron chi connectivity index (χ0n) is 53.0. The van der Waals surface area contributed by atoms with Crippen molar-refractivity contribution in [1.29, 1.82) is 0 Å². The molecule has 8 rings (SSSR count). The third-order valence-corrected chi connectivity index (χ3v) is 22.6. The number of hydrogen-bond acceptors (Lipinski definition) is 23. The molecule has 87 heavy (non-hydrogen) atoms. The van der Waals surface area contributed by atoms with E-state index in [1.54, 1.807) is 13.8 Å². The number of fused-ring (bicyclic) bond motifs is 7. The summed E-state index contributed by atoms with van der Waals surface area (Å²) in [6.07, 6.45) is -20.5. The van der Waals surface area contributed by atoms with Crippen molar-refractivity contribution in [2.24, 2.45) is 56.2 Å². The summed E-state index contributed by atoms with van der Waals surface area (Å²) in [7, 11) is 0. The quantitative estimate of drug-likeness (QED) is 0.0291. The van der Waals surface area contributed by atoms with Gasteiger partial charge in [0.05, 0.1) is 56.1 Å². The van der Waals surface area contributed by atoms with Crippen LogP contribution in [-0.4, -0.2) is 217 Å². The van der Waals surface area contributed by atoms with E-state index in [9.17, 15) is 70.6 Å². The van der Waals surface area contributed by atoms with Crippen molar-refractivity contribution in [2.75, 3.05) is 26.4 Å². The van der Waals surface area contributed by atoms with Gasteiger partial charge in [-0.15, -0.1) is 0 Å². The number of aliphatic hydroxyl groups excluding tert-OH is 11. The minimum atomic E-state index is -1.99. The van der Waals surface area contributed by atoms with Gasteiger partial charge in [-0.2, -0.15) is 0 Å². The van der Waals surface area contributed by atoms with Gasteiger partial charge in [0.15, 0.2) is 31.1 Å². The van der Waals surface area contributed by atoms with Crippen LogP contribution in [0.2, 0.25) is 0 Å². The Kier molecular flexibility index (Phi) is 21.3. The van der Waals surface area contributed by atoms with Crippen molar-refractivity contribution in [3.63, 3.8) is 0 Å².